The summed E-state index contributed by atoms with van der Waals surface area (Å²) in [7, 11) is 1.60. The SMILES string of the molecule is COc1cnc(C(N)=O)cc1C=CC1CC2(CC2)C1. The van der Waals surface area contributed by atoms with Gasteiger partial charge in [-0.1, -0.05) is 12.2 Å². The molecule has 4 nitrogen and oxygen atoms in total. The van der Waals surface area contributed by atoms with Gasteiger partial charge in [0.25, 0.3) is 5.91 Å². The van der Waals surface area contributed by atoms with Gasteiger partial charge in [-0.05, 0) is 43.1 Å². The normalized spacial score (nSPS) is 20.5. The van der Waals surface area contributed by atoms with E-state index in [-0.39, 0.29) is 5.69 Å². The van der Waals surface area contributed by atoms with Gasteiger partial charge in [0.05, 0.1) is 13.3 Å². The summed E-state index contributed by atoms with van der Waals surface area (Å²) in [5, 5.41) is 0. The summed E-state index contributed by atoms with van der Waals surface area (Å²) < 4.78 is 5.25. The number of amides is 1. The second-order valence-electron chi connectivity index (χ2n) is 5.70. The maximum Gasteiger partial charge on any atom is 0.267 e. The van der Waals surface area contributed by atoms with Crippen molar-refractivity contribution in [3.63, 3.8) is 0 Å². The fraction of sp³-hybridized carbons (Fsp3) is 0.467. The van der Waals surface area contributed by atoms with E-state index in [1.807, 2.05) is 6.08 Å². The molecule has 100 valence electrons. The van der Waals surface area contributed by atoms with Crippen LogP contribution in [0.5, 0.6) is 5.75 Å². The van der Waals surface area contributed by atoms with Crippen molar-refractivity contribution in [2.75, 3.05) is 7.11 Å². The number of rotatable bonds is 4. The van der Waals surface area contributed by atoms with Gasteiger partial charge in [-0.2, -0.15) is 0 Å². The van der Waals surface area contributed by atoms with Gasteiger partial charge in [-0.25, -0.2) is 4.98 Å². The second-order valence-corrected chi connectivity index (χ2v) is 5.70. The van der Waals surface area contributed by atoms with Gasteiger partial charge in [0.15, 0.2) is 0 Å². The molecule has 2 N–H and O–H groups in total. The number of methoxy groups -OCH3 is 1. The number of primary amides is 1. The van der Waals surface area contributed by atoms with E-state index in [1.54, 1.807) is 19.4 Å². The van der Waals surface area contributed by atoms with Crippen molar-refractivity contribution in [3.05, 3.63) is 29.6 Å². The molecule has 0 saturated heterocycles. The lowest BCUT2D eigenvalue weighted by atomic mass is 9.72. The van der Waals surface area contributed by atoms with Crippen LogP contribution in [-0.4, -0.2) is 18.0 Å². The van der Waals surface area contributed by atoms with Crippen LogP contribution in [0.4, 0.5) is 0 Å². The molecule has 0 unspecified atom stereocenters. The number of nitrogens with two attached hydrogens (primary N) is 1. The van der Waals surface area contributed by atoms with E-state index in [0.29, 0.717) is 17.1 Å². The zero-order valence-corrected chi connectivity index (χ0v) is 11.1. The largest absolute Gasteiger partial charge is 0.495 e. The molecule has 0 aromatic carbocycles. The second kappa shape index (κ2) is 4.37. The zero-order valence-electron chi connectivity index (χ0n) is 11.1. The highest BCUT2D eigenvalue weighted by Crippen LogP contribution is 2.63. The fourth-order valence-electron chi connectivity index (χ4n) is 2.91. The van der Waals surface area contributed by atoms with Gasteiger partial charge in [-0.15, -0.1) is 0 Å². The zero-order chi connectivity index (χ0) is 13.5. The predicted octanol–water partition coefficient (Wildman–Crippen LogP) is 2.39. The molecule has 3 rings (SSSR count). The van der Waals surface area contributed by atoms with E-state index in [0.717, 1.165) is 5.56 Å². The molecule has 1 spiro atoms. The van der Waals surface area contributed by atoms with Crippen molar-refractivity contribution in [3.8, 4) is 5.75 Å². The number of ether oxygens (including phenoxy) is 1. The Hall–Kier alpha value is -1.84. The molecule has 2 saturated carbocycles. The van der Waals surface area contributed by atoms with E-state index >= 15 is 0 Å². The van der Waals surface area contributed by atoms with Crippen LogP contribution in [-0.2, 0) is 0 Å². The minimum Gasteiger partial charge on any atom is -0.495 e. The molecule has 0 radical (unpaired) electrons. The molecule has 2 aliphatic rings. The standard InChI is InChI=1S/C15H18N2O2/c1-19-13-9-17-12(14(16)18)6-11(13)3-2-10-7-15(8-10)4-5-15/h2-3,6,9-10H,4-5,7-8H2,1H3,(H2,16,18). The lowest BCUT2D eigenvalue weighted by molar-refractivity contribution is 0.0995. The minimum absolute atomic E-state index is 0.271. The average Bonchev–Trinajstić information content (AvgIpc) is 3.15. The van der Waals surface area contributed by atoms with Crippen LogP contribution in [0.2, 0.25) is 0 Å². The van der Waals surface area contributed by atoms with Crippen molar-refractivity contribution in [2.45, 2.75) is 25.7 Å². The van der Waals surface area contributed by atoms with Crippen LogP contribution in [0.1, 0.15) is 41.7 Å². The maximum absolute atomic E-state index is 11.1. The van der Waals surface area contributed by atoms with Gasteiger partial charge in [-0.3, -0.25) is 4.79 Å². The van der Waals surface area contributed by atoms with Gasteiger partial charge >= 0.3 is 0 Å². The van der Waals surface area contributed by atoms with Crippen LogP contribution in [0.3, 0.4) is 0 Å². The molecule has 1 aromatic heterocycles. The summed E-state index contributed by atoms with van der Waals surface area (Å²) in [4.78, 5) is 15.1. The monoisotopic (exact) mass is 258 g/mol. The van der Waals surface area contributed by atoms with Gasteiger partial charge in [0, 0.05) is 5.56 Å². The molecule has 1 aromatic rings. The smallest absolute Gasteiger partial charge is 0.267 e. The highest BCUT2D eigenvalue weighted by Gasteiger charge is 2.51. The van der Waals surface area contributed by atoms with Crippen LogP contribution < -0.4 is 10.5 Å². The molecule has 0 bridgehead atoms. The van der Waals surface area contributed by atoms with Crippen LogP contribution in [0.15, 0.2) is 18.3 Å². The molecular formula is C15H18N2O2. The third-order valence-corrected chi connectivity index (χ3v) is 4.27. The number of allylic oxidation sites excluding steroid dienone is 1. The van der Waals surface area contributed by atoms with E-state index in [1.165, 1.54) is 25.7 Å². The van der Waals surface area contributed by atoms with E-state index in [4.69, 9.17) is 10.5 Å². The predicted molar refractivity (Wildman–Crippen MR) is 72.7 cm³/mol. The molecule has 4 heteroatoms. The third kappa shape index (κ3) is 2.35. The topological polar surface area (TPSA) is 65.2 Å². The Labute approximate surface area is 112 Å². The first-order chi connectivity index (χ1) is 9.12. The summed E-state index contributed by atoms with van der Waals surface area (Å²) in [6.45, 7) is 0. The van der Waals surface area contributed by atoms with Crippen molar-refractivity contribution in [2.24, 2.45) is 17.1 Å². The molecule has 2 fully saturated rings. The highest BCUT2D eigenvalue weighted by atomic mass is 16.5. The van der Waals surface area contributed by atoms with E-state index in [2.05, 4.69) is 11.1 Å². The molecular weight excluding hydrogens is 240 g/mol. The number of aromatic nitrogens is 1. The first kappa shape index (κ1) is 12.2. The fourth-order valence-corrected chi connectivity index (χ4v) is 2.91. The first-order valence-electron chi connectivity index (χ1n) is 6.64. The van der Waals surface area contributed by atoms with Crippen molar-refractivity contribution < 1.29 is 9.53 Å². The first-order valence-corrected chi connectivity index (χ1v) is 6.64. The third-order valence-electron chi connectivity index (χ3n) is 4.27. The summed E-state index contributed by atoms with van der Waals surface area (Å²) in [5.74, 6) is 0.817. The summed E-state index contributed by atoms with van der Waals surface area (Å²) in [6, 6.07) is 1.68. The lowest BCUT2D eigenvalue weighted by Crippen LogP contribution is -2.22. The lowest BCUT2D eigenvalue weighted by Gasteiger charge is -2.33. The number of hydrogen-bond acceptors (Lipinski definition) is 3. The average molecular weight is 258 g/mol. The Morgan fingerprint density at radius 2 is 2.26 bits per heavy atom. The minimum atomic E-state index is -0.516. The molecule has 0 aliphatic heterocycles. The van der Waals surface area contributed by atoms with Crippen LogP contribution >= 0.6 is 0 Å². The number of pyridine rings is 1. The van der Waals surface area contributed by atoms with Crippen molar-refractivity contribution in [1.82, 2.24) is 4.98 Å². The van der Waals surface area contributed by atoms with E-state index < -0.39 is 5.91 Å². The Balaban J connectivity index is 1.76. The molecule has 1 heterocycles. The summed E-state index contributed by atoms with van der Waals surface area (Å²) >= 11 is 0. The Morgan fingerprint density at radius 3 is 2.84 bits per heavy atom. The molecule has 0 atom stereocenters. The Morgan fingerprint density at radius 1 is 1.53 bits per heavy atom. The summed E-state index contributed by atoms with van der Waals surface area (Å²) in [6.07, 6.45) is 11.2. The van der Waals surface area contributed by atoms with Gasteiger partial charge < -0.3 is 10.5 Å². The summed E-state index contributed by atoms with van der Waals surface area (Å²) in [5.41, 5.74) is 7.08. The van der Waals surface area contributed by atoms with Crippen molar-refractivity contribution in [1.29, 1.82) is 0 Å². The van der Waals surface area contributed by atoms with Crippen molar-refractivity contribution >= 4 is 12.0 Å². The number of carbonyl (C=O) groups is 1. The Bertz CT molecular complexity index is 539. The quantitative estimate of drug-likeness (QED) is 0.901. The molecule has 2 aliphatic carbocycles. The van der Waals surface area contributed by atoms with E-state index in [9.17, 15) is 4.79 Å². The maximum atomic E-state index is 11.1. The van der Waals surface area contributed by atoms with Crippen LogP contribution in [0, 0.1) is 11.3 Å². The van der Waals surface area contributed by atoms with Crippen LogP contribution in [0.25, 0.3) is 6.08 Å². The number of carbonyl (C=O) groups excluding carboxylic acids is 1. The highest BCUT2D eigenvalue weighted by molar-refractivity contribution is 5.91. The Kier molecular flexibility index (Phi) is 2.81. The molecule has 1 amide bonds. The van der Waals surface area contributed by atoms with Gasteiger partial charge in [0.1, 0.15) is 11.4 Å². The van der Waals surface area contributed by atoms with Gasteiger partial charge in [0.2, 0.25) is 0 Å². The molecule has 19 heavy (non-hydrogen) atoms. The number of hydrogen-bond donors (Lipinski definition) is 1. The number of nitrogens with zero attached hydrogens (tertiary/aromatic N) is 1.